The van der Waals surface area contributed by atoms with Crippen molar-refractivity contribution in [2.45, 2.75) is 65.5 Å². The van der Waals surface area contributed by atoms with Crippen LogP contribution >= 0.6 is 0 Å². The summed E-state index contributed by atoms with van der Waals surface area (Å²) in [6, 6.07) is 3.45. The molecule has 0 aliphatic rings. The summed E-state index contributed by atoms with van der Waals surface area (Å²) in [4.78, 5) is 74.5. The molecule has 210 valence electrons. The average Bonchev–Trinajstić information content (AvgIpc) is 2.89. The first-order valence-electron chi connectivity index (χ1n) is 12.5. The maximum Gasteiger partial charge on any atom is 0.328 e. The fourth-order valence-corrected chi connectivity index (χ4v) is 3.33. The van der Waals surface area contributed by atoms with Crippen LogP contribution in [0.25, 0.3) is 0 Å². The Morgan fingerprint density at radius 3 is 1.26 bits per heavy atom. The van der Waals surface area contributed by atoms with E-state index in [9.17, 15) is 28.8 Å². The minimum atomic E-state index is -1.17. The topological polar surface area (TPSA) is 163 Å². The molecule has 0 heterocycles. The summed E-state index contributed by atoms with van der Waals surface area (Å²) in [5.41, 5.74) is -0.160. The van der Waals surface area contributed by atoms with Crippen LogP contribution in [-0.4, -0.2) is 74.2 Å². The summed E-state index contributed by atoms with van der Waals surface area (Å²) >= 11 is 0. The van der Waals surface area contributed by atoms with Gasteiger partial charge < -0.3 is 29.6 Å². The number of amides is 2. The smallest absolute Gasteiger partial charge is 0.328 e. The molecular weight excluding hydrogens is 500 g/mol. The molecule has 12 heteroatoms. The van der Waals surface area contributed by atoms with Gasteiger partial charge in [0.05, 0.1) is 37.6 Å². The monoisotopic (exact) mass is 536 g/mol. The first-order valence-corrected chi connectivity index (χ1v) is 12.5. The molecule has 0 aliphatic carbocycles. The van der Waals surface area contributed by atoms with E-state index in [1.54, 1.807) is 27.7 Å². The first kappa shape index (κ1) is 32.1. The number of hydrogen-bond donors (Lipinski definition) is 2. The summed E-state index contributed by atoms with van der Waals surface area (Å²) in [5, 5.41) is 5.01. The third-order valence-electron chi connectivity index (χ3n) is 5.05. The normalized spacial score (nSPS) is 11.9. The summed E-state index contributed by atoms with van der Waals surface area (Å²) in [6.45, 7) is 6.96. The van der Waals surface area contributed by atoms with Gasteiger partial charge in [-0.05, 0) is 52.7 Å². The molecule has 2 amide bonds. The van der Waals surface area contributed by atoms with Crippen molar-refractivity contribution in [3.63, 3.8) is 0 Å². The fourth-order valence-electron chi connectivity index (χ4n) is 3.33. The van der Waals surface area contributed by atoms with Gasteiger partial charge in [-0.1, -0.05) is 12.1 Å². The summed E-state index contributed by atoms with van der Waals surface area (Å²) < 4.78 is 19.7. The zero-order chi connectivity index (χ0) is 28.5. The Morgan fingerprint density at radius 2 is 0.947 bits per heavy atom. The van der Waals surface area contributed by atoms with E-state index in [0.717, 1.165) is 0 Å². The molecule has 0 aliphatic heterocycles. The molecule has 0 saturated carbocycles. The molecule has 12 nitrogen and oxygen atoms in total. The van der Waals surface area contributed by atoms with Crippen molar-refractivity contribution in [3.05, 3.63) is 35.4 Å². The third-order valence-corrected chi connectivity index (χ3v) is 5.05. The van der Waals surface area contributed by atoms with Gasteiger partial charge in [0, 0.05) is 12.8 Å². The maximum absolute atomic E-state index is 13.1. The van der Waals surface area contributed by atoms with Crippen LogP contribution in [-0.2, 0) is 38.1 Å². The minimum Gasteiger partial charge on any atom is -0.466 e. The lowest BCUT2D eigenvalue weighted by molar-refractivity contribution is -0.148. The van der Waals surface area contributed by atoms with Gasteiger partial charge in [-0.3, -0.25) is 19.2 Å². The van der Waals surface area contributed by atoms with Crippen LogP contribution in [0.5, 0.6) is 0 Å². The molecule has 0 fully saturated rings. The summed E-state index contributed by atoms with van der Waals surface area (Å²) in [6.07, 6.45) is -0.421. The van der Waals surface area contributed by atoms with Crippen LogP contribution < -0.4 is 10.6 Å². The van der Waals surface area contributed by atoms with Gasteiger partial charge in [-0.2, -0.15) is 0 Å². The molecule has 1 rings (SSSR count). The number of carbonyl (C=O) groups excluding carboxylic acids is 6. The van der Waals surface area contributed by atoms with E-state index >= 15 is 0 Å². The van der Waals surface area contributed by atoms with Crippen molar-refractivity contribution >= 4 is 35.7 Å². The molecule has 2 atom stereocenters. The molecule has 1 aromatic rings. The first-order chi connectivity index (χ1) is 18.2. The number of esters is 4. The Hall–Kier alpha value is -3.96. The van der Waals surface area contributed by atoms with E-state index in [1.165, 1.54) is 24.3 Å². The van der Waals surface area contributed by atoms with Crippen molar-refractivity contribution in [1.29, 1.82) is 0 Å². The second kappa shape index (κ2) is 17.5. The molecule has 0 bridgehead atoms. The van der Waals surface area contributed by atoms with E-state index in [0.29, 0.717) is 0 Å². The van der Waals surface area contributed by atoms with Crippen LogP contribution in [0, 0.1) is 0 Å². The lowest BCUT2D eigenvalue weighted by Crippen LogP contribution is -2.44. The zero-order valence-electron chi connectivity index (χ0n) is 22.2. The van der Waals surface area contributed by atoms with E-state index in [-0.39, 0.29) is 63.2 Å². The zero-order valence-corrected chi connectivity index (χ0v) is 22.2. The van der Waals surface area contributed by atoms with Crippen molar-refractivity contribution in [2.75, 3.05) is 26.4 Å². The van der Waals surface area contributed by atoms with Crippen LogP contribution in [0.3, 0.4) is 0 Å². The highest BCUT2D eigenvalue weighted by Crippen LogP contribution is 2.13. The number of nitrogens with one attached hydrogen (secondary N) is 2. The predicted molar refractivity (Wildman–Crippen MR) is 134 cm³/mol. The van der Waals surface area contributed by atoms with Crippen molar-refractivity contribution in [2.24, 2.45) is 0 Å². The van der Waals surface area contributed by atoms with Gasteiger partial charge in [0.2, 0.25) is 0 Å². The second-order valence-corrected chi connectivity index (χ2v) is 7.79. The summed E-state index contributed by atoms with van der Waals surface area (Å²) in [5.74, 6) is -4.09. The fraction of sp³-hybridized carbons (Fsp3) is 0.538. The number of ether oxygens (including phenoxy) is 4. The molecular formula is C26H36N2O10. The molecule has 0 unspecified atom stereocenters. The Bertz CT molecular complexity index is 902. The van der Waals surface area contributed by atoms with Gasteiger partial charge in [-0.25, -0.2) is 9.59 Å². The Kier molecular flexibility index (Phi) is 14.8. The van der Waals surface area contributed by atoms with Crippen LogP contribution in [0.2, 0.25) is 0 Å². The van der Waals surface area contributed by atoms with E-state index in [4.69, 9.17) is 18.9 Å². The van der Waals surface area contributed by atoms with Crippen LogP contribution in [0.15, 0.2) is 24.3 Å². The lowest BCUT2D eigenvalue weighted by atomic mass is 10.0. The van der Waals surface area contributed by atoms with Gasteiger partial charge in [0.1, 0.15) is 12.1 Å². The Morgan fingerprint density at radius 1 is 0.605 bits per heavy atom. The van der Waals surface area contributed by atoms with Gasteiger partial charge in [-0.15, -0.1) is 0 Å². The van der Waals surface area contributed by atoms with E-state index < -0.39 is 47.8 Å². The molecule has 0 saturated heterocycles. The largest absolute Gasteiger partial charge is 0.466 e. The van der Waals surface area contributed by atoms with Gasteiger partial charge in [0.25, 0.3) is 11.8 Å². The van der Waals surface area contributed by atoms with Gasteiger partial charge >= 0.3 is 23.9 Å². The Labute approximate surface area is 221 Å². The molecule has 38 heavy (non-hydrogen) atoms. The highest BCUT2D eigenvalue weighted by atomic mass is 16.5. The highest BCUT2D eigenvalue weighted by Gasteiger charge is 2.28. The second-order valence-electron chi connectivity index (χ2n) is 7.79. The molecule has 0 aromatic heterocycles. The minimum absolute atomic E-state index is 0.0602. The van der Waals surface area contributed by atoms with Crippen molar-refractivity contribution < 1.29 is 47.7 Å². The van der Waals surface area contributed by atoms with E-state index in [1.807, 2.05) is 0 Å². The summed E-state index contributed by atoms with van der Waals surface area (Å²) in [7, 11) is 0. The van der Waals surface area contributed by atoms with E-state index in [2.05, 4.69) is 10.6 Å². The number of carbonyl (C=O) groups is 6. The van der Waals surface area contributed by atoms with Gasteiger partial charge in [0.15, 0.2) is 0 Å². The lowest BCUT2D eigenvalue weighted by Gasteiger charge is -2.19. The SMILES string of the molecule is CCOC(=O)CC[C@H](NC(=O)c1ccccc1C(=O)N[C@@H](CCC(=O)OCC)C(=O)OCC)C(=O)OCC. The molecule has 0 spiro atoms. The molecule has 1 aromatic carbocycles. The maximum atomic E-state index is 13.1. The number of rotatable bonds is 16. The van der Waals surface area contributed by atoms with Crippen molar-refractivity contribution in [3.8, 4) is 0 Å². The quantitative estimate of drug-likeness (QED) is 0.235. The molecule has 0 radical (unpaired) electrons. The predicted octanol–water partition coefficient (Wildman–Crippen LogP) is 1.70. The standard InChI is InChI=1S/C26H36N2O10/c1-5-35-21(29)15-13-19(25(33)37-7-3)27-23(31)17-11-9-10-12-18(17)24(32)28-20(26(34)38-8-4)14-16-22(30)36-6-2/h9-12,19-20H,5-8,13-16H2,1-4H3,(H,27,31)(H,28,32)/t19-,20-/m0/s1. The Balaban J connectivity index is 3.09. The number of hydrogen-bond acceptors (Lipinski definition) is 10. The van der Waals surface area contributed by atoms with Crippen molar-refractivity contribution in [1.82, 2.24) is 10.6 Å². The third kappa shape index (κ3) is 11.0. The number of benzene rings is 1. The van der Waals surface area contributed by atoms with Crippen LogP contribution in [0.4, 0.5) is 0 Å². The highest BCUT2D eigenvalue weighted by molar-refractivity contribution is 6.08. The molecule has 2 N–H and O–H groups in total. The van der Waals surface area contributed by atoms with Crippen LogP contribution in [0.1, 0.15) is 74.1 Å². The average molecular weight is 537 g/mol.